The molecule has 0 aromatic carbocycles. The summed E-state index contributed by atoms with van der Waals surface area (Å²) in [4.78, 5) is 45.3. The molecule has 0 aromatic rings. The van der Waals surface area contributed by atoms with Gasteiger partial charge in [-0.3, -0.25) is 9.59 Å². The predicted molar refractivity (Wildman–Crippen MR) is 185 cm³/mol. The molecule has 262 valence electrons. The first kappa shape index (κ1) is 49.1. The van der Waals surface area contributed by atoms with Crippen molar-refractivity contribution in [3.05, 3.63) is 24.3 Å². The summed E-state index contributed by atoms with van der Waals surface area (Å²) in [7, 11) is -4.64. The van der Waals surface area contributed by atoms with Gasteiger partial charge in [0.05, 0.1) is 0 Å². The predicted octanol–water partition coefficient (Wildman–Crippen LogP) is 8.32. The average molecular weight is 669 g/mol. The average Bonchev–Trinajstić information content (AvgIpc) is 2.96. The number of ether oxygens (including phenoxy) is 1. The van der Waals surface area contributed by atoms with Gasteiger partial charge in [0.15, 0.2) is 0 Å². The molecule has 7 nitrogen and oxygen atoms in total. The number of unbranched alkanes of at least 4 members (excludes halogenated alkanes) is 22. The second-order valence-corrected chi connectivity index (χ2v) is 13.1. The third kappa shape index (κ3) is 53.5. The van der Waals surface area contributed by atoms with Gasteiger partial charge in [0, 0.05) is 12.8 Å². The van der Waals surface area contributed by atoms with Crippen molar-refractivity contribution < 1.29 is 64.6 Å². The van der Waals surface area contributed by atoms with Gasteiger partial charge in [-0.25, -0.2) is 4.57 Å². The van der Waals surface area contributed by atoms with E-state index in [9.17, 15) is 9.59 Å². The van der Waals surface area contributed by atoms with Crippen LogP contribution in [0.15, 0.2) is 24.3 Å². The molecule has 0 spiro atoms. The van der Waals surface area contributed by atoms with E-state index in [-0.39, 0.29) is 42.9 Å². The normalized spacial score (nSPS) is 11.4. The molecule has 0 aromatic heterocycles. The Morgan fingerprint density at radius 1 is 0.489 bits per heavy atom. The van der Waals surface area contributed by atoms with Crippen LogP contribution in [0.5, 0.6) is 0 Å². The fraction of sp³-hybridized carbons (Fsp3) is 0.833. The summed E-state index contributed by atoms with van der Waals surface area (Å²) in [6, 6.07) is 0. The van der Waals surface area contributed by atoms with Gasteiger partial charge in [-0.05, 0) is 64.2 Å². The van der Waals surface area contributed by atoms with E-state index in [1.807, 2.05) is 0 Å². The number of esters is 2. The van der Waals surface area contributed by atoms with Crippen molar-refractivity contribution >= 4 is 19.8 Å². The fourth-order valence-electron chi connectivity index (χ4n) is 4.91. The Kier molecular flexibility index (Phi) is 43.6. The number of phosphoric acid groups is 1. The second-order valence-electron chi connectivity index (χ2n) is 12.0. The molecule has 0 saturated heterocycles. The van der Waals surface area contributed by atoms with Crippen molar-refractivity contribution in [1.29, 1.82) is 0 Å². The first-order chi connectivity index (χ1) is 21.2. The number of carbonyl (C=O) groups is 2. The zero-order valence-corrected chi connectivity index (χ0v) is 32.4. The number of hydrogen-bond donors (Lipinski definition) is 3. The van der Waals surface area contributed by atoms with Gasteiger partial charge in [-0.1, -0.05) is 141 Å². The largest absolute Gasteiger partial charge is 1.00 e. The standard InChI is InChI=1S/C36H66O3.Na.H3O4P.H/c1-3-5-7-9-11-13-15-17-19-21-23-25-27-29-31-33-35(37)39-36(38)34-32-30-28-26-24-22-20-18-16-14-12-10-8-6-4-2;;1-5(2,3)4;/h17-20H,3-16,21-34H2,1-2H3;;(H3,1,2,3,4);/q;+1;;-1/b19-17-,20-18?;;;. The topological polar surface area (TPSA) is 121 Å². The third-order valence-electron chi connectivity index (χ3n) is 7.51. The van der Waals surface area contributed by atoms with E-state index in [4.69, 9.17) is 24.0 Å². The van der Waals surface area contributed by atoms with Gasteiger partial charge in [0.2, 0.25) is 0 Å². The van der Waals surface area contributed by atoms with Crippen molar-refractivity contribution in [1.82, 2.24) is 0 Å². The summed E-state index contributed by atoms with van der Waals surface area (Å²) in [6.45, 7) is 4.53. The summed E-state index contributed by atoms with van der Waals surface area (Å²) < 4.78 is 13.9. The van der Waals surface area contributed by atoms with Crippen LogP contribution in [0, 0.1) is 0 Å². The smallest absolute Gasteiger partial charge is 1.00 e. The molecule has 0 atom stereocenters. The molecule has 0 heterocycles. The van der Waals surface area contributed by atoms with E-state index in [1.54, 1.807) is 0 Å². The Labute approximate surface area is 300 Å². The number of rotatable bonds is 30. The van der Waals surface area contributed by atoms with E-state index in [0.717, 1.165) is 38.5 Å². The minimum atomic E-state index is -4.64. The third-order valence-corrected chi connectivity index (χ3v) is 7.51. The maximum absolute atomic E-state index is 11.9. The fourth-order valence-corrected chi connectivity index (χ4v) is 4.91. The zero-order chi connectivity index (χ0) is 33.0. The molecular formula is C36H70NaO7P. The Bertz CT molecular complexity index is 686. The minimum Gasteiger partial charge on any atom is -1.00 e. The molecule has 0 amide bonds. The summed E-state index contributed by atoms with van der Waals surface area (Å²) in [5, 5.41) is 0. The summed E-state index contributed by atoms with van der Waals surface area (Å²) in [6.07, 6.45) is 42.2. The monoisotopic (exact) mass is 668 g/mol. The Balaban J connectivity index is -0.00000116. The van der Waals surface area contributed by atoms with Crippen LogP contribution >= 0.6 is 7.82 Å². The first-order valence-corrected chi connectivity index (χ1v) is 19.6. The summed E-state index contributed by atoms with van der Waals surface area (Å²) in [5.41, 5.74) is 0. The van der Waals surface area contributed by atoms with Crippen LogP contribution in [0.2, 0.25) is 0 Å². The van der Waals surface area contributed by atoms with Gasteiger partial charge in [0.1, 0.15) is 0 Å². The molecule has 0 fully saturated rings. The zero-order valence-electron chi connectivity index (χ0n) is 30.5. The van der Waals surface area contributed by atoms with Crippen LogP contribution in [0.25, 0.3) is 0 Å². The van der Waals surface area contributed by atoms with E-state index in [0.29, 0.717) is 12.8 Å². The van der Waals surface area contributed by atoms with Crippen LogP contribution in [0.4, 0.5) is 0 Å². The molecule has 0 rings (SSSR count). The van der Waals surface area contributed by atoms with Crippen LogP contribution in [-0.2, 0) is 18.9 Å². The molecule has 45 heavy (non-hydrogen) atoms. The van der Waals surface area contributed by atoms with Crippen LogP contribution in [0.1, 0.15) is 195 Å². The van der Waals surface area contributed by atoms with Crippen molar-refractivity contribution in [3.63, 3.8) is 0 Å². The van der Waals surface area contributed by atoms with Crippen molar-refractivity contribution in [2.24, 2.45) is 0 Å². The summed E-state index contributed by atoms with van der Waals surface area (Å²) >= 11 is 0. The Morgan fingerprint density at radius 2 is 0.711 bits per heavy atom. The molecule has 9 heteroatoms. The Hall–Kier alpha value is -0.270. The minimum absolute atomic E-state index is 0. The van der Waals surface area contributed by atoms with Gasteiger partial charge in [-0.2, -0.15) is 0 Å². The molecule has 0 aliphatic heterocycles. The van der Waals surface area contributed by atoms with Crippen molar-refractivity contribution in [3.8, 4) is 0 Å². The summed E-state index contributed by atoms with van der Waals surface area (Å²) in [5.74, 6) is -0.684. The second kappa shape index (κ2) is 39.9. The SMILES string of the molecule is CCCCCCCCC=CCCCCCCCC(=O)OC(=O)CCCCCCC/C=C\CCCCCCCC.O=P(O)(O)O.[H-].[Na+]. The molecule has 3 N–H and O–H groups in total. The van der Waals surface area contributed by atoms with Crippen LogP contribution in [-0.4, -0.2) is 26.6 Å². The van der Waals surface area contributed by atoms with E-state index in [1.165, 1.54) is 128 Å². The van der Waals surface area contributed by atoms with Gasteiger partial charge in [0.25, 0.3) is 0 Å². The van der Waals surface area contributed by atoms with E-state index < -0.39 is 7.82 Å². The van der Waals surface area contributed by atoms with E-state index >= 15 is 0 Å². The number of hydrogen-bond acceptors (Lipinski definition) is 4. The number of carbonyl (C=O) groups excluding carboxylic acids is 2. The molecule has 0 bridgehead atoms. The van der Waals surface area contributed by atoms with Gasteiger partial charge in [-0.15, -0.1) is 0 Å². The molecule has 0 saturated carbocycles. The maximum atomic E-state index is 11.9. The molecule has 0 aliphatic rings. The Morgan fingerprint density at radius 3 is 0.978 bits per heavy atom. The van der Waals surface area contributed by atoms with E-state index in [2.05, 4.69) is 38.2 Å². The molecule has 0 aliphatic carbocycles. The van der Waals surface area contributed by atoms with Crippen LogP contribution in [0.3, 0.4) is 0 Å². The molecular weight excluding hydrogens is 598 g/mol. The van der Waals surface area contributed by atoms with Crippen molar-refractivity contribution in [2.75, 3.05) is 0 Å². The molecule has 0 unspecified atom stereocenters. The van der Waals surface area contributed by atoms with Crippen molar-refractivity contribution in [2.45, 2.75) is 194 Å². The maximum Gasteiger partial charge on any atom is 1.00 e. The first-order valence-electron chi connectivity index (χ1n) is 18.0. The number of allylic oxidation sites excluding steroid dienone is 4. The van der Waals surface area contributed by atoms with Gasteiger partial charge >= 0.3 is 49.3 Å². The molecule has 0 radical (unpaired) electrons. The van der Waals surface area contributed by atoms with Gasteiger partial charge < -0.3 is 20.8 Å². The quantitative estimate of drug-likeness (QED) is 0.0176. The van der Waals surface area contributed by atoms with Crippen LogP contribution < -0.4 is 29.6 Å².